The van der Waals surface area contributed by atoms with E-state index >= 15 is 0 Å². The highest BCUT2D eigenvalue weighted by Gasteiger charge is 2.35. The molecule has 0 aliphatic carbocycles. The Balaban J connectivity index is 1.61. The van der Waals surface area contributed by atoms with E-state index in [2.05, 4.69) is 39.8 Å². The van der Waals surface area contributed by atoms with Crippen LogP contribution < -0.4 is 15.4 Å². The third-order valence-electron chi connectivity index (χ3n) is 6.02. The van der Waals surface area contributed by atoms with Crippen molar-refractivity contribution in [2.75, 3.05) is 33.4 Å². The number of hydrogen-bond acceptors (Lipinski definition) is 5. The van der Waals surface area contributed by atoms with Crippen molar-refractivity contribution in [2.45, 2.75) is 25.3 Å². The van der Waals surface area contributed by atoms with Crippen LogP contribution in [-0.2, 0) is 9.53 Å². The molecule has 2 N–H and O–H groups in total. The minimum absolute atomic E-state index is 0.263. The Bertz CT molecular complexity index is 988. The molecule has 168 valence electrons. The Kier molecular flexibility index (Phi) is 6.75. The van der Waals surface area contributed by atoms with Gasteiger partial charge in [0.25, 0.3) is 0 Å². The minimum Gasteiger partial charge on any atom is -0.497 e. The zero-order chi connectivity index (χ0) is 22.5. The number of esters is 1. The zero-order valence-corrected chi connectivity index (χ0v) is 18.5. The van der Waals surface area contributed by atoms with Crippen LogP contribution in [0.1, 0.15) is 36.4 Å². The number of amides is 2. The number of benzene rings is 2. The topological polar surface area (TPSA) is 79.9 Å². The first kappa shape index (κ1) is 21.9. The van der Waals surface area contributed by atoms with Gasteiger partial charge in [-0.15, -0.1) is 0 Å². The van der Waals surface area contributed by atoms with Crippen LogP contribution >= 0.6 is 0 Å². The van der Waals surface area contributed by atoms with Crippen LogP contribution in [0.3, 0.4) is 0 Å². The Hall–Kier alpha value is -3.32. The third-order valence-corrected chi connectivity index (χ3v) is 6.02. The molecule has 2 heterocycles. The van der Waals surface area contributed by atoms with Crippen LogP contribution in [-0.4, -0.2) is 50.3 Å². The molecule has 0 spiro atoms. The molecular formula is C25H29N3O4. The molecule has 7 nitrogen and oxygen atoms in total. The number of urea groups is 1. The highest BCUT2D eigenvalue weighted by atomic mass is 16.5. The molecule has 0 radical (unpaired) electrons. The van der Waals surface area contributed by atoms with Crippen LogP contribution in [0.15, 0.2) is 65.9 Å². The second kappa shape index (κ2) is 9.87. The molecule has 2 aromatic carbocycles. The van der Waals surface area contributed by atoms with Crippen molar-refractivity contribution in [1.82, 2.24) is 15.5 Å². The molecule has 2 aliphatic heterocycles. The Labute approximate surface area is 188 Å². The van der Waals surface area contributed by atoms with Crippen LogP contribution in [0.25, 0.3) is 0 Å². The number of ether oxygens (including phenoxy) is 2. The summed E-state index contributed by atoms with van der Waals surface area (Å²) < 4.78 is 10.6. The lowest BCUT2D eigenvalue weighted by Crippen LogP contribution is -2.48. The van der Waals surface area contributed by atoms with E-state index in [-0.39, 0.29) is 12.6 Å². The standard InChI is InChI=1S/C25H29N3O4/c1-3-32-24(29)22-21(16-28-14-13-19(15-28)17-7-5-4-6-8-17)26-25(30)27-23(22)18-9-11-20(31-2)12-10-18/h4-12,19,23H,3,13-16H2,1-2H3,(H2,26,27,30)/t19-,23+/m0/s1. The largest absolute Gasteiger partial charge is 0.497 e. The average Bonchev–Trinajstić information content (AvgIpc) is 3.28. The van der Waals surface area contributed by atoms with Gasteiger partial charge >= 0.3 is 12.0 Å². The summed E-state index contributed by atoms with van der Waals surface area (Å²) in [5.41, 5.74) is 3.16. The van der Waals surface area contributed by atoms with Crippen LogP contribution in [0, 0.1) is 0 Å². The first-order valence-corrected chi connectivity index (χ1v) is 11.0. The zero-order valence-electron chi connectivity index (χ0n) is 18.5. The van der Waals surface area contributed by atoms with E-state index < -0.39 is 12.0 Å². The summed E-state index contributed by atoms with van der Waals surface area (Å²) in [5, 5.41) is 5.75. The number of likely N-dealkylation sites (tertiary alicyclic amines) is 1. The number of methoxy groups -OCH3 is 1. The highest BCUT2D eigenvalue weighted by molar-refractivity contribution is 5.95. The third kappa shape index (κ3) is 4.78. The normalized spacial score (nSPS) is 21.1. The average molecular weight is 436 g/mol. The van der Waals surface area contributed by atoms with Gasteiger partial charge in [-0.1, -0.05) is 42.5 Å². The van der Waals surface area contributed by atoms with Gasteiger partial charge in [-0.25, -0.2) is 9.59 Å². The number of rotatable bonds is 7. The molecule has 7 heteroatoms. The molecule has 2 aromatic rings. The van der Waals surface area contributed by atoms with E-state index in [9.17, 15) is 9.59 Å². The summed E-state index contributed by atoms with van der Waals surface area (Å²) >= 11 is 0. The molecule has 1 fully saturated rings. The fourth-order valence-electron chi connectivity index (χ4n) is 4.44. The molecule has 0 bridgehead atoms. The van der Waals surface area contributed by atoms with Crippen molar-refractivity contribution in [3.63, 3.8) is 0 Å². The Morgan fingerprint density at radius 2 is 1.84 bits per heavy atom. The molecule has 2 amide bonds. The summed E-state index contributed by atoms with van der Waals surface area (Å²) in [6.45, 7) is 4.30. The summed E-state index contributed by atoms with van der Waals surface area (Å²) in [6, 6.07) is 16.9. The van der Waals surface area contributed by atoms with E-state index in [0.717, 1.165) is 25.1 Å². The number of nitrogens with one attached hydrogen (secondary N) is 2. The van der Waals surface area contributed by atoms with Crippen molar-refractivity contribution >= 4 is 12.0 Å². The molecule has 32 heavy (non-hydrogen) atoms. The van der Waals surface area contributed by atoms with Crippen molar-refractivity contribution < 1.29 is 19.1 Å². The monoisotopic (exact) mass is 435 g/mol. The SMILES string of the molecule is CCOC(=O)C1=C(CN2CC[C@H](c3ccccc3)C2)NC(=O)N[C@@H]1c1ccc(OC)cc1. The fourth-order valence-corrected chi connectivity index (χ4v) is 4.44. The lowest BCUT2D eigenvalue weighted by molar-refractivity contribution is -0.139. The number of carbonyl (C=O) groups excluding carboxylic acids is 2. The molecule has 4 rings (SSSR count). The van der Waals surface area contributed by atoms with Crippen LogP contribution in [0.5, 0.6) is 5.75 Å². The smallest absolute Gasteiger partial charge is 0.338 e. The fraction of sp³-hybridized carbons (Fsp3) is 0.360. The second-order valence-corrected chi connectivity index (χ2v) is 8.05. The summed E-state index contributed by atoms with van der Waals surface area (Å²) in [7, 11) is 1.60. The Morgan fingerprint density at radius 3 is 2.53 bits per heavy atom. The maximum atomic E-state index is 13.0. The minimum atomic E-state index is -0.587. The molecule has 2 atom stereocenters. The van der Waals surface area contributed by atoms with Crippen molar-refractivity contribution in [3.05, 3.63) is 77.0 Å². The molecule has 0 saturated carbocycles. The molecule has 0 aromatic heterocycles. The highest BCUT2D eigenvalue weighted by Crippen LogP contribution is 2.31. The van der Waals surface area contributed by atoms with Gasteiger partial charge < -0.3 is 20.1 Å². The lowest BCUT2D eigenvalue weighted by Gasteiger charge is -2.31. The van der Waals surface area contributed by atoms with E-state index in [1.54, 1.807) is 14.0 Å². The quantitative estimate of drug-likeness (QED) is 0.652. The van der Waals surface area contributed by atoms with Crippen molar-refractivity contribution in [2.24, 2.45) is 0 Å². The van der Waals surface area contributed by atoms with Crippen LogP contribution in [0.2, 0.25) is 0 Å². The van der Waals surface area contributed by atoms with Gasteiger partial charge in [-0.05, 0) is 49.1 Å². The van der Waals surface area contributed by atoms with Gasteiger partial charge in [0, 0.05) is 18.8 Å². The Morgan fingerprint density at radius 1 is 1.09 bits per heavy atom. The number of nitrogens with zero attached hydrogens (tertiary/aromatic N) is 1. The van der Waals surface area contributed by atoms with Crippen molar-refractivity contribution in [1.29, 1.82) is 0 Å². The second-order valence-electron chi connectivity index (χ2n) is 8.05. The molecule has 0 unspecified atom stereocenters. The summed E-state index contributed by atoms with van der Waals surface area (Å²) in [6.07, 6.45) is 1.04. The van der Waals surface area contributed by atoms with Gasteiger partial charge in [-0.3, -0.25) is 4.90 Å². The van der Waals surface area contributed by atoms with Gasteiger partial charge in [0.2, 0.25) is 0 Å². The van der Waals surface area contributed by atoms with E-state index in [0.29, 0.717) is 29.5 Å². The number of hydrogen-bond donors (Lipinski definition) is 2. The van der Waals surface area contributed by atoms with E-state index in [4.69, 9.17) is 9.47 Å². The number of carbonyl (C=O) groups is 2. The van der Waals surface area contributed by atoms with Gasteiger partial charge in [0.05, 0.1) is 25.3 Å². The first-order chi connectivity index (χ1) is 15.6. The summed E-state index contributed by atoms with van der Waals surface area (Å²) in [5.74, 6) is 0.729. The van der Waals surface area contributed by atoms with Crippen molar-refractivity contribution in [3.8, 4) is 5.75 Å². The lowest BCUT2D eigenvalue weighted by atomic mass is 9.95. The molecule has 1 saturated heterocycles. The van der Waals surface area contributed by atoms with E-state index in [1.807, 2.05) is 30.3 Å². The van der Waals surface area contributed by atoms with Gasteiger partial charge in [0.1, 0.15) is 5.75 Å². The van der Waals surface area contributed by atoms with E-state index in [1.165, 1.54) is 5.56 Å². The molecular weight excluding hydrogens is 406 g/mol. The maximum Gasteiger partial charge on any atom is 0.338 e. The maximum absolute atomic E-state index is 13.0. The predicted molar refractivity (Wildman–Crippen MR) is 121 cm³/mol. The van der Waals surface area contributed by atoms with Gasteiger partial charge in [-0.2, -0.15) is 0 Å². The first-order valence-electron chi connectivity index (χ1n) is 11.0. The van der Waals surface area contributed by atoms with Crippen LogP contribution in [0.4, 0.5) is 4.79 Å². The summed E-state index contributed by atoms with van der Waals surface area (Å²) in [4.78, 5) is 27.8. The van der Waals surface area contributed by atoms with Gasteiger partial charge in [0.15, 0.2) is 0 Å². The molecule has 2 aliphatic rings. The predicted octanol–water partition coefficient (Wildman–Crippen LogP) is 3.36.